The Morgan fingerprint density at radius 2 is 0.692 bits per heavy atom. The molecule has 0 aromatic rings. The van der Waals surface area contributed by atoms with Crippen molar-refractivity contribution in [2.24, 2.45) is 0 Å². The Morgan fingerprint density at radius 3 is 0.923 bits per heavy atom. The SMILES string of the molecule is CCCCCCCCCCCCCCCCCCCCCCC[N+](=O)[O-]. The molecule has 0 N–H and O–H groups in total. The van der Waals surface area contributed by atoms with Gasteiger partial charge in [0.25, 0.3) is 0 Å². The summed E-state index contributed by atoms with van der Waals surface area (Å²) in [5.41, 5.74) is 0. The fourth-order valence-corrected chi connectivity index (χ4v) is 3.67. The van der Waals surface area contributed by atoms with E-state index in [1.165, 1.54) is 122 Å². The molecule has 0 saturated carbocycles. The number of hydrogen-bond acceptors (Lipinski definition) is 2. The minimum atomic E-state index is -0.199. The van der Waals surface area contributed by atoms with Gasteiger partial charge in [0.05, 0.1) is 0 Å². The van der Waals surface area contributed by atoms with E-state index in [2.05, 4.69) is 6.92 Å². The van der Waals surface area contributed by atoms with Crippen molar-refractivity contribution in [1.29, 1.82) is 0 Å². The zero-order valence-corrected chi connectivity index (χ0v) is 17.8. The van der Waals surface area contributed by atoms with Gasteiger partial charge in [-0.05, 0) is 6.42 Å². The van der Waals surface area contributed by atoms with Crippen LogP contribution in [0.15, 0.2) is 0 Å². The van der Waals surface area contributed by atoms with Gasteiger partial charge in [0, 0.05) is 11.3 Å². The van der Waals surface area contributed by atoms with Gasteiger partial charge in [0.2, 0.25) is 6.54 Å². The monoisotopic (exact) mass is 369 g/mol. The second-order valence-electron chi connectivity index (χ2n) is 8.13. The fraction of sp³-hybridized carbons (Fsp3) is 1.00. The van der Waals surface area contributed by atoms with Crippen molar-refractivity contribution in [3.63, 3.8) is 0 Å². The molecule has 0 aliphatic heterocycles. The van der Waals surface area contributed by atoms with Gasteiger partial charge in [0.15, 0.2) is 0 Å². The van der Waals surface area contributed by atoms with Crippen LogP contribution in [0.4, 0.5) is 0 Å². The normalized spacial score (nSPS) is 11.1. The van der Waals surface area contributed by atoms with Gasteiger partial charge in [-0.3, -0.25) is 10.1 Å². The molecule has 156 valence electrons. The van der Waals surface area contributed by atoms with Gasteiger partial charge < -0.3 is 0 Å². The summed E-state index contributed by atoms with van der Waals surface area (Å²) in [7, 11) is 0. The smallest absolute Gasteiger partial charge is 0.203 e. The van der Waals surface area contributed by atoms with Crippen LogP contribution in [0.2, 0.25) is 0 Å². The maximum atomic E-state index is 10.2. The zero-order valence-electron chi connectivity index (χ0n) is 17.8. The van der Waals surface area contributed by atoms with Crippen molar-refractivity contribution in [3.05, 3.63) is 10.1 Å². The van der Waals surface area contributed by atoms with Crippen molar-refractivity contribution in [2.45, 2.75) is 142 Å². The Bertz CT molecular complexity index is 281. The minimum Gasteiger partial charge on any atom is -0.265 e. The second kappa shape index (κ2) is 22.4. The van der Waals surface area contributed by atoms with E-state index in [1.54, 1.807) is 0 Å². The summed E-state index contributed by atoms with van der Waals surface area (Å²) in [5, 5.41) is 10.2. The van der Waals surface area contributed by atoms with Gasteiger partial charge >= 0.3 is 0 Å². The quantitative estimate of drug-likeness (QED) is 0.109. The number of nitrogens with zero attached hydrogens (tertiary/aromatic N) is 1. The van der Waals surface area contributed by atoms with Crippen LogP contribution in [0.3, 0.4) is 0 Å². The molecule has 0 fully saturated rings. The molecule has 3 heteroatoms. The molecule has 0 aliphatic rings. The first-order valence-corrected chi connectivity index (χ1v) is 11.9. The maximum absolute atomic E-state index is 10.2. The van der Waals surface area contributed by atoms with Crippen molar-refractivity contribution < 1.29 is 4.92 Å². The van der Waals surface area contributed by atoms with E-state index >= 15 is 0 Å². The summed E-state index contributed by atoms with van der Waals surface area (Å²) < 4.78 is 0. The lowest BCUT2D eigenvalue weighted by Gasteiger charge is -2.04. The highest BCUT2D eigenvalue weighted by Crippen LogP contribution is 2.14. The average molecular weight is 370 g/mol. The number of hydrogen-bond donors (Lipinski definition) is 0. The first kappa shape index (κ1) is 25.4. The standard InChI is InChI=1S/C23H47NO2/c1-2-3-4-5-6-7-8-9-10-11-12-13-14-15-16-17-18-19-20-21-22-23-24(25)26/h2-23H2,1H3. The average Bonchev–Trinajstić information content (AvgIpc) is 2.62. The van der Waals surface area contributed by atoms with E-state index < -0.39 is 0 Å². The van der Waals surface area contributed by atoms with Crippen LogP contribution in [0, 0.1) is 10.1 Å². The lowest BCUT2D eigenvalue weighted by Crippen LogP contribution is -1.99. The Labute approximate surface area is 163 Å². The Balaban J connectivity index is 2.98. The molecule has 0 rings (SSSR count). The van der Waals surface area contributed by atoms with Crippen molar-refractivity contribution in [3.8, 4) is 0 Å². The first-order chi connectivity index (χ1) is 12.8. The Morgan fingerprint density at radius 1 is 0.462 bits per heavy atom. The van der Waals surface area contributed by atoms with Crippen LogP contribution in [-0.2, 0) is 0 Å². The van der Waals surface area contributed by atoms with Gasteiger partial charge in [-0.2, -0.15) is 0 Å². The molecule has 0 atom stereocenters. The third-order valence-electron chi connectivity index (χ3n) is 5.44. The minimum absolute atomic E-state index is 0.152. The summed E-state index contributed by atoms with van der Waals surface area (Å²) >= 11 is 0. The molecule has 26 heavy (non-hydrogen) atoms. The molecule has 0 aromatic carbocycles. The first-order valence-electron chi connectivity index (χ1n) is 11.9. The van der Waals surface area contributed by atoms with E-state index in [9.17, 15) is 10.1 Å². The van der Waals surface area contributed by atoms with Gasteiger partial charge in [-0.1, -0.05) is 129 Å². The molecule has 0 bridgehead atoms. The van der Waals surface area contributed by atoms with Crippen molar-refractivity contribution in [2.75, 3.05) is 6.54 Å². The predicted octanol–water partition coefficient (Wildman–Crippen LogP) is 8.48. The second-order valence-corrected chi connectivity index (χ2v) is 8.13. The number of unbranched alkanes of at least 4 members (excludes halogenated alkanes) is 20. The highest BCUT2D eigenvalue weighted by atomic mass is 16.6. The number of nitro groups is 1. The molecule has 0 saturated heterocycles. The lowest BCUT2D eigenvalue weighted by molar-refractivity contribution is -0.480. The zero-order chi connectivity index (χ0) is 19.1. The lowest BCUT2D eigenvalue weighted by atomic mass is 10.0. The molecular formula is C23H47NO2. The number of rotatable bonds is 22. The maximum Gasteiger partial charge on any atom is 0.203 e. The van der Waals surface area contributed by atoms with Crippen molar-refractivity contribution in [1.82, 2.24) is 0 Å². The summed E-state index contributed by atoms with van der Waals surface area (Å²) in [6.07, 6.45) is 28.4. The van der Waals surface area contributed by atoms with Crippen LogP contribution in [0.5, 0.6) is 0 Å². The van der Waals surface area contributed by atoms with Gasteiger partial charge in [-0.25, -0.2) is 0 Å². The molecule has 0 aliphatic carbocycles. The van der Waals surface area contributed by atoms with Gasteiger partial charge in [-0.15, -0.1) is 0 Å². The highest BCUT2D eigenvalue weighted by molar-refractivity contribution is 4.51. The third kappa shape index (κ3) is 23.4. The van der Waals surface area contributed by atoms with Crippen LogP contribution in [-0.4, -0.2) is 11.5 Å². The van der Waals surface area contributed by atoms with E-state index in [1.807, 2.05) is 0 Å². The largest absolute Gasteiger partial charge is 0.265 e. The van der Waals surface area contributed by atoms with Crippen molar-refractivity contribution >= 4 is 0 Å². The molecule has 0 unspecified atom stereocenters. The van der Waals surface area contributed by atoms with Crippen LogP contribution >= 0.6 is 0 Å². The van der Waals surface area contributed by atoms with E-state index in [-0.39, 0.29) is 11.5 Å². The molecular weight excluding hydrogens is 322 g/mol. The van der Waals surface area contributed by atoms with Crippen LogP contribution in [0.25, 0.3) is 0 Å². The molecule has 0 heterocycles. The molecule has 0 amide bonds. The summed E-state index contributed by atoms with van der Waals surface area (Å²) in [5.74, 6) is 0. The van der Waals surface area contributed by atoms with Crippen LogP contribution in [0.1, 0.15) is 142 Å². The molecule has 0 aromatic heterocycles. The summed E-state index contributed by atoms with van der Waals surface area (Å²) in [4.78, 5) is 10.0. The van der Waals surface area contributed by atoms with E-state index in [0.717, 1.165) is 12.8 Å². The fourth-order valence-electron chi connectivity index (χ4n) is 3.67. The van der Waals surface area contributed by atoms with E-state index in [0.29, 0.717) is 0 Å². The predicted molar refractivity (Wildman–Crippen MR) is 114 cm³/mol. The summed E-state index contributed by atoms with van der Waals surface area (Å²) in [6, 6.07) is 0. The van der Waals surface area contributed by atoms with Crippen LogP contribution < -0.4 is 0 Å². The summed E-state index contributed by atoms with van der Waals surface area (Å²) in [6.45, 7) is 2.44. The van der Waals surface area contributed by atoms with E-state index in [4.69, 9.17) is 0 Å². The topological polar surface area (TPSA) is 43.1 Å². The third-order valence-corrected chi connectivity index (χ3v) is 5.44. The molecule has 0 radical (unpaired) electrons. The highest BCUT2D eigenvalue weighted by Gasteiger charge is 1.97. The van der Waals surface area contributed by atoms with Gasteiger partial charge in [0.1, 0.15) is 0 Å². The molecule has 0 spiro atoms. The molecule has 3 nitrogen and oxygen atoms in total. The Kier molecular flexibility index (Phi) is 21.9. The Hall–Kier alpha value is -0.600.